The fourth-order valence-electron chi connectivity index (χ4n) is 3.22. The first kappa shape index (κ1) is 16.4. The number of nitrogens with zero attached hydrogens (tertiary/aromatic N) is 4. The molecule has 0 radical (unpaired) electrons. The van der Waals surface area contributed by atoms with Crippen LogP contribution in [-0.4, -0.2) is 34.6 Å². The first-order valence-corrected chi connectivity index (χ1v) is 9.39. The standard InChI is InChI=1S/C17H18ClN5OS/c1-10-4-3-5-23(10)12-6-11(7-13(8-12)24-2)20-15-14-16(25-9-19-14)22-17(18)21-15/h6-10H,3-5H2,1-2H3,(H,20,21,22)/t10-/m0/s1. The van der Waals surface area contributed by atoms with Crippen LogP contribution in [0.25, 0.3) is 10.3 Å². The van der Waals surface area contributed by atoms with Crippen LogP contribution in [0.1, 0.15) is 19.8 Å². The molecule has 0 spiro atoms. The number of nitrogens with one attached hydrogen (secondary N) is 1. The quantitative estimate of drug-likeness (QED) is 0.678. The lowest BCUT2D eigenvalue weighted by Gasteiger charge is -2.25. The minimum absolute atomic E-state index is 0.204. The summed E-state index contributed by atoms with van der Waals surface area (Å²) in [5.41, 5.74) is 4.48. The molecule has 2 aromatic heterocycles. The Balaban J connectivity index is 1.73. The zero-order valence-electron chi connectivity index (χ0n) is 14.0. The van der Waals surface area contributed by atoms with Crippen molar-refractivity contribution in [3.8, 4) is 5.75 Å². The van der Waals surface area contributed by atoms with E-state index in [1.165, 1.54) is 24.2 Å². The van der Waals surface area contributed by atoms with E-state index >= 15 is 0 Å². The Bertz CT molecular complexity index is 915. The Labute approximate surface area is 154 Å². The fraction of sp³-hybridized carbons (Fsp3) is 0.353. The van der Waals surface area contributed by atoms with E-state index in [4.69, 9.17) is 16.3 Å². The molecule has 1 saturated heterocycles. The predicted octanol–water partition coefficient (Wildman–Crippen LogP) is 4.48. The molecule has 0 amide bonds. The van der Waals surface area contributed by atoms with Crippen molar-refractivity contribution < 1.29 is 4.74 Å². The predicted molar refractivity (Wildman–Crippen MR) is 103 cm³/mol. The zero-order chi connectivity index (χ0) is 17.4. The first-order valence-electron chi connectivity index (χ1n) is 8.13. The van der Waals surface area contributed by atoms with E-state index < -0.39 is 0 Å². The summed E-state index contributed by atoms with van der Waals surface area (Å²) in [6.07, 6.45) is 2.42. The van der Waals surface area contributed by atoms with Gasteiger partial charge in [0, 0.05) is 36.1 Å². The Morgan fingerprint density at radius 3 is 2.96 bits per heavy atom. The highest BCUT2D eigenvalue weighted by atomic mass is 35.5. The highest BCUT2D eigenvalue weighted by Crippen LogP contribution is 2.34. The van der Waals surface area contributed by atoms with Gasteiger partial charge < -0.3 is 15.0 Å². The molecular weight excluding hydrogens is 358 g/mol. The van der Waals surface area contributed by atoms with Gasteiger partial charge in [0.25, 0.3) is 0 Å². The maximum absolute atomic E-state index is 6.04. The minimum Gasteiger partial charge on any atom is -0.497 e. The minimum atomic E-state index is 0.204. The number of hydrogen-bond acceptors (Lipinski definition) is 7. The number of hydrogen-bond donors (Lipinski definition) is 1. The molecule has 0 bridgehead atoms. The summed E-state index contributed by atoms with van der Waals surface area (Å²) >= 11 is 7.48. The van der Waals surface area contributed by atoms with E-state index in [2.05, 4.69) is 44.2 Å². The van der Waals surface area contributed by atoms with Crippen molar-refractivity contribution in [2.24, 2.45) is 0 Å². The number of aromatic nitrogens is 3. The molecule has 3 aromatic rings. The summed E-state index contributed by atoms with van der Waals surface area (Å²) in [5.74, 6) is 1.40. The average Bonchev–Trinajstić information content (AvgIpc) is 3.23. The molecule has 1 atom stereocenters. The van der Waals surface area contributed by atoms with Crippen molar-refractivity contribution in [2.45, 2.75) is 25.8 Å². The second-order valence-electron chi connectivity index (χ2n) is 6.08. The molecule has 8 heteroatoms. The topological polar surface area (TPSA) is 63.2 Å². The fourth-order valence-corrected chi connectivity index (χ4v) is 4.09. The van der Waals surface area contributed by atoms with Crippen LogP contribution in [0.3, 0.4) is 0 Å². The van der Waals surface area contributed by atoms with Crippen molar-refractivity contribution in [2.75, 3.05) is 23.9 Å². The van der Waals surface area contributed by atoms with E-state index in [1.807, 2.05) is 6.07 Å². The van der Waals surface area contributed by atoms with Crippen molar-refractivity contribution in [1.29, 1.82) is 0 Å². The number of rotatable bonds is 4. The molecule has 1 aromatic carbocycles. The third-order valence-electron chi connectivity index (χ3n) is 4.45. The molecule has 0 unspecified atom stereocenters. The summed E-state index contributed by atoms with van der Waals surface area (Å²) in [5, 5.41) is 3.53. The number of halogens is 1. The maximum Gasteiger partial charge on any atom is 0.225 e. The first-order chi connectivity index (χ1) is 12.1. The molecule has 1 aliphatic heterocycles. The smallest absolute Gasteiger partial charge is 0.225 e. The molecular formula is C17H18ClN5OS. The molecule has 0 saturated carbocycles. The lowest BCUT2D eigenvalue weighted by atomic mass is 10.2. The van der Waals surface area contributed by atoms with Gasteiger partial charge in [-0.15, -0.1) is 11.3 Å². The van der Waals surface area contributed by atoms with E-state index in [-0.39, 0.29) is 5.28 Å². The molecule has 0 aliphatic carbocycles. The third-order valence-corrected chi connectivity index (χ3v) is 5.33. The molecule has 1 aliphatic rings. The maximum atomic E-state index is 6.04. The Morgan fingerprint density at radius 2 is 2.20 bits per heavy atom. The van der Waals surface area contributed by atoms with Gasteiger partial charge in [0.05, 0.1) is 12.6 Å². The van der Waals surface area contributed by atoms with Crippen molar-refractivity contribution in [3.63, 3.8) is 0 Å². The van der Waals surface area contributed by atoms with E-state index in [1.54, 1.807) is 12.6 Å². The van der Waals surface area contributed by atoms with Crippen molar-refractivity contribution in [1.82, 2.24) is 15.0 Å². The Morgan fingerprint density at radius 1 is 1.32 bits per heavy atom. The van der Waals surface area contributed by atoms with Gasteiger partial charge in [0.1, 0.15) is 11.3 Å². The SMILES string of the molecule is COc1cc(Nc2nc(Cl)nc3scnc23)cc(N2CCC[C@@H]2C)c1. The Hall–Kier alpha value is -2.12. The van der Waals surface area contributed by atoms with Crippen molar-refractivity contribution >= 4 is 50.5 Å². The van der Waals surface area contributed by atoms with Crippen LogP contribution >= 0.6 is 22.9 Å². The monoisotopic (exact) mass is 375 g/mol. The molecule has 4 rings (SSSR count). The summed E-state index contributed by atoms with van der Waals surface area (Å²) < 4.78 is 5.49. The van der Waals surface area contributed by atoms with Crippen LogP contribution in [0, 0.1) is 0 Å². The summed E-state index contributed by atoms with van der Waals surface area (Å²) in [7, 11) is 1.68. The van der Waals surface area contributed by atoms with Crippen LogP contribution < -0.4 is 15.0 Å². The molecule has 3 heterocycles. The van der Waals surface area contributed by atoms with Gasteiger partial charge in [0.15, 0.2) is 10.6 Å². The summed E-state index contributed by atoms with van der Waals surface area (Å²) in [6, 6.07) is 6.65. The van der Waals surface area contributed by atoms with Crippen LogP contribution in [0.4, 0.5) is 17.2 Å². The molecule has 6 nitrogen and oxygen atoms in total. The number of methoxy groups -OCH3 is 1. The van der Waals surface area contributed by atoms with Gasteiger partial charge in [0.2, 0.25) is 5.28 Å². The highest BCUT2D eigenvalue weighted by Gasteiger charge is 2.21. The van der Waals surface area contributed by atoms with Gasteiger partial charge >= 0.3 is 0 Å². The van der Waals surface area contributed by atoms with Crippen LogP contribution in [0.2, 0.25) is 5.28 Å². The second kappa shape index (κ2) is 6.65. The second-order valence-corrected chi connectivity index (χ2v) is 7.25. The number of ether oxygens (including phenoxy) is 1. The molecule has 1 fully saturated rings. The van der Waals surface area contributed by atoms with E-state index in [9.17, 15) is 0 Å². The lowest BCUT2D eigenvalue weighted by Crippen LogP contribution is -2.26. The van der Waals surface area contributed by atoms with Crippen LogP contribution in [0.5, 0.6) is 5.75 Å². The van der Waals surface area contributed by atoms with Gasteiger partial charge in [-0.25, -0.2) is 9.97 Å². The lowest BCUT2D eigenvalue weighted by molar-refractivity contribution is 0.415. The average molecular weight is 376 g/mol. The molecule has 130 valence electrons. The van der Waals surface area contributed by atoms with Gasteiger partial charge in [-0.3, -0.25) is 0 Å². The summed E-state index contributed by atoms with van der Waals surface area (Å²) in [6.45, 7) is 3.31. The zero-order valence-corrected chi connectivity index (χ0v) is 15.6. The van der Waals surface area contributed by atoms with Crippen molar-refractivity contribution in [3.05, 3.63) is 29.0 Å². The number of anilines is 3. The third kappa shape index (κ3) is 3.21. The van der Waals surface area contributed by atoms with Crippen LogP contribution in [0.15, 0.2) is 23.7 Å². The molecule has 1 N–H and O–H groups in total. The summed E-state index contributed by atoms with van der Waals surface area (Å²) in [4.78, 5) is 16.0. The Kier molecular flexibility index (Phi) is 4.35. The van der Waals surface area contributed by atoms with Crippen LogP contribution in [-0.2, 0) is 0 Å². The molecule has 25 heavy (non-hydrogen) atoms. The number of fused-ring (bicyclic) bond motifs is 1. The normalized spacial score (nSPS) is 17.2. The van der Waals surface area contributed by atoms with Gasteiger partial charge in [-0.1, -0.05) is 0 Å². The van der Waals surface area contributed by atoms with E-state index in [0.717, 1.165) is 28.5 Å². The highest BCUT2D eigenvalue weighted by molar-refractivity contribution is 7.16. The van der Waals surface area contributed by atoms with E-state index in [0.29, 0.717) is 17.4 Å². The number of benzene rings is 1. The largest absolute Gasteiger partial charge is 0.497 e. The number of thiazole rings is 1. The van der Waals surface area contributed by atoms with Gasteiger partial charge in [-0.2, -0.15) is 4.98 Å². The van der Waals surface area contributed by atoms with Gasteiger partial charge in [-0.05, 0) is 37.4 Å².